The number of nitrogens with one attached hydrogen (secondary N) is 1. The van der Waals surface area contributed by atoms with Crippen molar-refractivity contribution in [2.45, 2.75) is 19.9 Å². The molecule has 0 aliphatic heterocycles. The van der Waals surface area contributed by atoms with E-state index in [4.69, 9.17) is 10.7 Å². The summed E-state index contributed by atoms with van der Waals surface area (Å²) in [5, 5.41) is 18.0. The molecule has 9 nitrogen and oxygen atoms in total. The van der Waals surface area contributed by atoms with Gasteiger partial charge in [0.15, 0.2) is 11.5 Å². The topological polar surface area (TPSA) is 120 Å². The van der Waals surface area contributed by atoms with Crippen molar-refractivity contribution < 1.29 is 0 Å². The molecule has 0 aliphatic carbocycles. The maximum absolute atomic E-state index is 5.70. The van der Waals surface area contributed by atoms with Gasteiger partial charge in [-0.1, -0.05) is 17.4 Å². The number of fused-ring (bicyclic) bond motifs is 1. The Balaban J connectivity index is 1.84. The third-order valence-electron chi connectivity index (χ3n) is 3.93. The predicted molar refractivity (Wildman–Crippen MR) is 101 cm³/mol. The standard InChI is InChI=1S/C16H17N9S/c1-8-11-13(19-9(2)15-22-23-16(17)26-15)20-12(10-6-4-5-7-18-10)21-14(11)25(3)24-8/h4-7,9H,1-3H3,(H2,17,23)(H,19,20,21)/t9-/m1/s1. The molecule has 0 spiro atoms. The fourth-order valence-electron chi connectivity index (χ4n) is 2.74. The summed E-state index contributed by atoms with van der Waals surface area (Å²) in [6.07, 6.45) is 1.72. The van der Waals surface area contributed by atoms with Crippen molar-refractivity contribution in [3.8, 4) is 11.5 Å². The van der Waals surface area contributed by atoms with Crippen LogP contribution >= 0.6 is 11.3 Å². The van der Waals surface area contributed by atoms with E-state index < -0.39 is 0 Å². The molecule has 132 valence electrons. The average molecular weight is 367 g/mol. The van der Waals surface area contributed by atoms with Crippen molar-refractivity contribution in [2.75, 3.05) is 11.1 Å². The van der Waals surface area contributed by atoms with Crippen LogP contribution in [0.2, 0.25) is 0 Å². The Kier molecular flexibility index (Phi) is 3.96. The van der Waals surface area contributed by atoms with Gasteiger partial charge in [0.1, 0.15) is 16.5 Å². The third-order valence-corrected chi connectivity index (χ3v) is 4.87. The zero-order valence-electron chi connectivity index (χ0n) is 14.5. The predicted octanol–water partition coefficient (Wildman–Crippen LogP) is 2.34. The van der Waals surface area contributed by atoms with Crippen molar-refractivity contribution in [1.29, 1.82) is 0 Å². The number of anilines is 2. The van der Waals surface area contributed by atoms with Gasteiger partial charge in [-0.05, 0) is 26.0 Å². The highest BCUT2D eigenvalue weighted by molar-refractivity contribution is 7.15. The summed E-state index contributed by atoms with van der Waals surface area (Å²) in [5.74, 6) is 1.22. The average Bonchev–Trinajstić information content (AvgIpc) is 3.19. The van der Waals surface area contributed by atoms with E-state index >= 15 is 0 Å². The molecule has 0 fully saturated rings. The van der Waals surface area contributed by atoms with Crippen LogP contribution in [0, 0.1) is 6.92 Å². The number of aromatic nitrogens is 7. The van der Waals surface area contributed by atoms with Crippen LogP contribution in [0.4, 0.5) is 10.9 Å². The Hall–Kier alpha value is -3.14. The molecular weight excluding hydrogens is 350 g/mol. The second kappa shape index (κ2) is 6.30. The van der Waals surface area contributed by atoms with Gasteiger partial charge in [-0.2, -0.15) is 5.10 Å². The monoisotopic (exact) mass is 367 g/mol. The molecule has 0 saturated heterocycles. The van der Waals surface area contributed by atoms with E-state index in [9.17, 15) is 0 Å². The summed E-state index contributed by atoms with van der Waals surface area (Å²) >= 11 is 1.35. The van der Waals surface area contributed by atoms with Crippen LogP contribution in [0.5, 0.6) is 0 Å². The zero-order chi connectivity index (χ0) is 18.3. The van der Waals surface area contributed by atoms with Gasteiger partial charge in [-0.3, -0.25) is 9.67 Å². The Morgan fingerprint density at radius 3 is 2.77 bits per heavy atom. The molecule has 0 bridgehead atoms. The maximum atomic E-state index is 5.70. The molecule has 4 aromatic heterocycles. The zero-order valence-corrected chi connectivity index (χ0v) is 15.3. The van der Waals surface area contributed by atoms with E-state index in [0.29, 0.717) is 22.5 Å². The van der Waals surface area contributed by atoms with Crippen LogP contribution in [0.25, 0.3) is 22.6 Å². The molecule has 0 unspecified atom stereocenters. The number of nitrogens with zero attached hydrogens (tertiary/aromatic N) is 7. The van der Waals surface area contributed by atoms with Gasteiger partial charge in [0.2, 0.25) is 5.13 Å². The quantitative estimate of drug-likeness (QED) is 0.564. The summed E-state index contributed by atoms with van der Waals surface area (Å²) in [5.41, 5.74) is 7.99. The smallest absolute Gasteiger partial charge is 0.203 e. The minimum Gasteiger partial charge on any atom is -0.374 e. The lowest BCUT2D eigenvalue weighted by Crippen LogP contribution is -2.10. The van der Waals surface area contributed by atoms with Gasteiger partial charge in [0.25, 0.3) is 0 Å². The van der Waals surface area contributed by atoms with E-state index in [1.165, 1.54) is 11.3 Å². The lowest BCUT2D eigenvalue weighted by atomic mass is 10.2. The first kappa shape index (κ1) is 16.3. The summed E-state index contributed by atoms with van der Waals surface area (Å²) in [6.45, 7) is 3.92. The van der Waals surface area contributed by atoms with Crippen LogP contribution in [-0.2, 0) is 7.05 Å². The van der Waals surface area contributed by atoms with E-state index in [1.807, 2.05) is 39.1 Å². The summed E-state index contributed by atoms with van der Waals surface area (Å²) in [7, 11) is 1.86. The normalized spacial score (nSPS) is 12.4. The highest BCUT2D eigenvalue weighted by Gasteiger charge is 2.19. The number of nitrogen functional groups attached to an aromatic ring is 1. The van der Waals surface area contributed by atoms with Crippen LogP contribution in [0.1, 0.15) is 23.7 Å². The Morgan fingerprint density at radius 1 is 1.23 bits per heavy atom. The van der Waals surface area contributed by atoms with Crippen LogP contribution in [0.3, 0.4) is 0 Å². The van der Waals surface area contributed by atoms with Crippen LogP contribution in [-0.4, -0.2) is 34.9 Å². The number of rotatable bonds is 4. The van der Waals surface area contributed by atoms with E-state index in [-0.39, 0.29) is 6.04 Å². The number of aryl methyl sites for hydroxylation is 2. The van der Waals surface area contributed by atoms with Gasteiger partial charge in [-0.15, -0.1) is 10.2 Å². The second-order valence-corrected chi connectivity index (χ2v) is 6.90. The molecular formula is C16H17N9S. The SMILES string of the molecule is Cc1nn(C)c2nc(-c3ccccn3)nc(N[C@H](C)c3nnc(N)s3)c12. The third kappa shape index (κ3) is 2.84. The van der Waals surface area contributed by atoms with Gasteiger partial charge >= 0.3 is 0 Å². The van der Waals surface area contributed by atoms with E-state index in [1.54, 1.807) is 10.9 Å². The van der Waals surface area contributed by atoms with E-state index in [2.05, 4.69) is 30.6 Å². The lowest BCUT2D eigenvalue weighted by Gasteiger charge is -2.13. The Bertz CT molecular complexity index is 1070. The number of nitrogens with two attached hydrogens (primary N) is 1. The highest BCUT2D eigenvalue weighted by atomic mass is 32.1. The van der Waals surface area contributed by atoms with Gasteiger partial charge in [0.05, 0.1) is 17.1 Å². The lowest BCUT2D eigenvalue weighted by molar-refractivity contribution is 0.773. The maximum Gasteiger partial charge on any atom is 0.203 e. The van der Waals surface area contributed by atoms with Crippen LogP contribution < -0.4 is 11.1 Å². The molecule has 4 aromatic rings. The van der Waals surface area contributed by atoms with Gasteiger partial charge in [0, 0.05) is 13.2 Å². The molecule has 0 aromatic carbocycles. The van der Waals surface area contributed by atoms with Crippen molar-refractivity contribution in [3.05, 3.63) is 35.1 Å². The van der Waals surface area contributed by atoms with Crippen molar-refractivity contribution in [3.63, 3.8) is 0 Å². The van der Waals surface area contributed by atoms with Crippen molar-refractivity contribution >= 4 is 33.3 Å². The van der Waals surface area contributed by atoms with Crippen molar-refractivity contribution in [2.24, 2.45) is 7.05 Å². The second-order valence-electron chi connectivity index (χ2n) is 5.86. The number of hydrogen-bond acceptors (Lipinski definition) is 9. The molecule has 4 heterocycles. The fourth-order valence-corrected chi connectivity index (χ4v) is 3.35. The molecule has 26 heavy (non-hydrogen) atoms. The molecule has 0 amide bonds. The molecule has 0 saturated carbocycles. The van der Waals surface area contributed by atoms with Crippen molar-refractivity contribution in [1.82, 2.24) is 34.9 Å². The van der Waals surface area contributed by atoms with Gasteiger partial charge in [-0.25, -0.2) is 9.97 Å². The summed E-state index contributed by atoms with van der Waals surface area (Å²) in [6, 6.07) is 5.53. The largest absolute Gasteiger partial charge is 0.374 e. The first-order chi connectivity index (χ1) is 12.5. The fraction of sp³-hybridized carbons (Fsp3) is 0.250. The molecule has 0 aliphatic rings. The molecule has 1 atom stereocenters. The summed E-state index contributed by atoms with van der Waals surface area (Å²) < 4.78 is 1.75. The van der Waals surface area contributed by atoms with E-state index in [0.717, 1.165) is 21.7 Å². The Morgan fingerprint density at radius 2 is 2.08 bits per heavy atom. The number of hydrogen-bond donors (Lipinski definition) is 2. The molecule has 3 N–H and O–H groups in total. The first-order valence-corrected chi connectivity index (χ1v) is 8.82. The minimum atomic E-state index is -0.112. The Labute approximate surface area is 153 Å². The first-order valence-electron chi connectivity index (χ1n) is 8.01. The van der Waals surface area contributed by atoms with Crippen LogP contribution in [0.15, 0.2) is 24.4 Å². The molecule has 4 rings (SSSR count). The molecule has 0 radical (unpaired) electrons. The molecule has 10 heteroatoms. The highest BCUT2D eigenvalue weighted by Crippen LogP contribution is 2.30. The minimum absolute atomic E-state index is 0.112. The summed E-state index contributed by atoms with van der Waals surface area (Å²) in [4.78, 5) is 13.7. The van der Waals surface area contributed by atoms with Gasteiger partial charge < -0.3 is 11.1 Å². The number of pyridine rings is 1.